The maximum absolute atomic E-state index is 5.35. The van der Waals surface area contributed by atoms with E-state index in [9.17, 15) is 0 Å². The van der Waals surface area contributed by atoms with Crippen LogP contribution in [0.5, 0.6) is 0 Å². The van der Waals surface area contributed by atoms with E-state index in [1.807, 2.05) is 12.1 Å². The fourth-order valence-corrected chi connectivity index (χ4v) is 11.2. The fraction of sp³-hybridized carbons (Fsp3) is 0.0588. The Bertz CT molecular complexity index is 4150. The van der Waals surface area contributed by atoms with E-state index in [-0.39, 0.29) is 0 Å². The maximum atomic E-state index is 5.35. The van der Waals surface area contributed by atoms with Gasteiger partial charge in [0.2, 0.25) is 0 Å². The third-order valence-corrected chi connectivity index (χ3v) is 14.3. The van der Waals surface area contributed by atoms with Gasteiger partial charge in [-0.1, -0.05) is 198 Å². The SMILES string of the molecule is Cc1cc(C)cc(-c2ccc3c(c2)c2ccccc2n3-c2ccccc2-c2ccc(-c3nc(-c4ccccc4)cc(-c4ccccc4)n3)cc2-n2c3ccccc3c3cc(-c4cc(C)cc(C)c4)ccc32)c1. The first-order valence-corrected chi connectivity index (χ1v) is 24.8. The number of aromatic nitrogens is 4. The Labute approximate surface area is 419 Å². The zero-order chi connectivity index (χ0) is 48.5. The second kappa shape index (κ2) is 17.4. The van der Waals surface area contributed by atoms with E-state index in [4.69, 9.17) is 9.97 Å². The topological polar surface area (TPSA) is 35.6 Å². The minimum atomic E-state index is 0.663. The van der Waals surface area contributed by atoms with E-state index in [2.05, 4.69) is 255 Å². The highest BCUT2D eigenvalue weighted by atomic mass is 15.0. The standard InChI is InChI=1S/C68H50N4/c1-43-33-44(2)36-52(35-43)49-28-31-65-58(39-49)55-22-12-15-25-63(55)71(65)62-24-14-11-21-54(62)57-30-27-51(68-69-60(47-17-7-5-8-18-47)42-61(70-68)48-19-9-6-10-20-48)41-67(57)72-64-26-16-13-23-56(64)59-40-50(29-32-66(59)72)53-37-45(3)34-46(4)38-53/h5-42H,1-4H3. The first-order valence-electron chi connectivity index (χ1n) is 24.8. The average molecular weight is 923 g/mol. The van der Waals surface area contributed by atoms with E-state index in [1.54, 1.807) is 0 Å². The molecule has 0 radical (unpaired) electrons. The summed E-state index contributed by atoms with van der Waals surface area (Å²) in [5, 5.41) is 4.83. The molecular weight excluding hydrogens is 873 g/mol. The minimum absolute atomic E-state index is 0.663. The van der Waals surface area contributed by atoms with Gasteiger partial charge in [0.15, 0.2) is 5.82 Å². The summed E-state index contributed by atoms with van der Waals surface area (Å²) in [6, 6.07) is 83.9. The van der Waals surface area contributed by atoms with Crippen molar-refractivity contribution in [1.82, 2.24) is 19.1 Å². The fourth-order valence-electron chi connectivity index (χ4n) is 11.2. The molecule has 0 fully saturated rings. The summed E-state index contributed by atoms with van der Waals surface area (Å²) in [7, 11) is 0. The second-order valence-electron chi connectivity index (χ2n) is 19.4. The minimum Gasteiger partial charge on any atom is -0.309 e. The van der Waals surface area contributed by atoms with Crippen molar-refractivity contribution in [3.8, 4) is 78.7 Å². The summed E-state index contributed by atoms with van der Waals surface area (Å²) in [4.78, 5) is 10.7. The van der Waals surface area contributed by atoms with Crippen LogP contribution in [-0.4, -0.2) is 19.1 Å². The summed E-state index contributed by atoms with van der Waals surface area (Å²) in [6.45, 7) is 8.72. The number of aryl methyl sites for hydroxylation is 4. The van der Waals surface area contributed by atoms with Crippen molar-refractivity contribution in [1.29, 1.82) is 0 Å². The normalized spacial score (nSPS) is 11.6. The molecule has 342 valence electrons. The van der Waals surface area contributed by atoms with Crippen molar-refractivity contribution >= 4 is 43.6 Å². The molecule has 3 heterocycles. The van der Waals surface area contributed by atoms with Crippen LogP contribution in [0.4, 0.5) is 0 Å². The smallest absolute Gasteiger partial charge is 0.160 e. The lowest BCUT2D eigenvalue weighted by atomic mass is 9.98. The van der Waals surface area contributed by atoms with E-state index < -0.39 is 0 Å². The lowest BCUT2D eigenvalue weighted by molar-refractivity contribution is 1.15. The van der Waals surface area contributed by atoms with Crippen LogP contribution < -0.4 is 0 Å². The van der Waals surface area contributed by atoms with Gasteiger partial charge < -0.3 is 9.13 Å². The highest BCUT2D eigenvalue weighted by molar-refractivity contribution is 6.13. The molecule has 0 saturated carbocycles. The van der Waals surface area contributed by atoms with Gasteiger partial charge in [0.05, 0.1) is 44.8 Å². The highest BCUT2D eigenvalue weighted by Crippen LogP contribution is 2.44. The number of fused-ring (bicyclic) bond motifs is 6. The summed E-state index contributed by atoms with van der Waals surface area (Å²) >= 11 is 0. The average Bonchev–Trinajstić information content (AvgIpc) is 3.92. The van der Waals surface area contributed by atoms with Gasteiger partial charge in [-0.05, 0) is 105 Å². The van der Waals surface area contributed by atoms with Gasteiger partial charge in [0.1, 0.15) is 0 Å². The molecule has 13 rings (SSSR count). The summed E-state index contributed by atoms with van der Waals surface area (Å²) in [6.07, 6.45) is 0. The van der Waals surface area contributed by atoms with Crippen LogP contribution in [0, 0.1) is 27.7 Å². The van der Waals surface area contributed by atoms with Gasteiger partial charge in [-0.25, -0.2) is 9.97 Å². The van der Waals surface area contributed by atoms with Gasteiger partial charge in [0, 0.05) is 49.4 Å². The molecule has 0 aliphatic rings. The quantitative estimate of drug-likeness (QED) is 0.152. The number of rotatable bonds is 8. The van der Waals surface area contributed by atoms with Gasteiger partial charge >= 0.3 is 0 Å². The van der Waals surface area contributed by atoms with Crippen LogP contribution in [0.25, 0.3) is 122 Å². The van der Waals surface area contributed by atoms with E-state index in [0.29, 0.717) is 5.82 Å². The third-order valence-electron chi connectivity index (χ3n) is 14.3. The molecule has 4 nitrogen and oxygen atoms in total. The molecule has 0 aliphatic heterocycles. The molecule has 0 aliphatic carbocycles. The van der Waals surface area contributed by atoms with Gasteiger partial charge in [0.25, 0.3) is 0 Å². The van der Waals surface area contributed by atoms with Gasteiger partial charge in [-0.15, -0.1) is 0 Å². The predicted molar refractivity (Wildman–Crippen MR) is 302 cm³/mol. The Balaban J connectivity index is 1.08. The molecule has 0 atom stereocenters. The van der Waals surface area contributed by atoms with Crippen molar-refractivity contribution in [2.75, 3.05) is 0 Å². The van der Waals surface area contributed by atoms with E-state index in [1.165, 1.54) is 66.1 Å². The highest BCUT2D eigenvalue weighted by Gasteiger charge is 2.23. The molecule has 0 N–H and O–H groups in total. The van der Waals surface area contributed by atoms with Gasteiger partial charge in [-0.2, -0.15) is 0 Å². The van der Waals surface area contributed by atoms with E-state index >= 15 is 0 Å². The molecular formula is C68H50N4. The number of hydrogen-bond acceptors (Lipinski definition) is 2. The lowest BCUT2D eigenvalue weighted by Crippen LogP contribution is -2.03. The first-order chi connectivity index (χ1) is 35.3. The van der Waals surface area contributed by atoms with E-state index in [0.717, 1.165) is 72.6 Å². The van der Waals surface area contributed by atoms with Crippen molar-refractivity contribution < 1.29 is 0 Å². The predicted octanol–water partition coefficient (Wildman–Crippen LogP) is 17.9. The maximum Gasteiger partial charge on any atom is 0.160 e. The Kier molecular flexibility index (Phi) is 10.4. The van der Waals surface area contributed by atoms with Gasteiger partial charge in [-0.3, -0.25) is 0 Å². The number of para-hydroxylation sites is 3. The first kappa shape index (κ1) is 42.9. The van der Waals surface area contributed by atoms with Crippen LogP contribution in [0.1, 0.15) is 22.3 Å². The Morgan fingerprint density at radius 3 is 1.21 bits per heavy atom. The molecule has 72 heavy (non-hydrogen) atoms. The molecule has 0 bridgehead atoms. The zero-order valence-electron chi connectivity index (χ0n) is 40.7. The summed E-state index contributed by atoms with van der Waals surface area (Å²) in [5.74, 6) is 0.663. The molecule has 10 aromatic carbocycles. The third kappa shape index (κ3) is 7.48. The zero-order valence-corrected chi connectivity index (χ0v) is 40.7. The number of hydrogen-bond donors (Lipinski definition) is 0. The van der Waals surface area contributed by atoms with Crippen molar-refractivity contribution in [2.24, 2.45) is 0 Å². The van der Waals surface area contributed by atoms with Crippen LogP contribution in [-0.2, 0) is 0 Å². The van der Waals surface area contributed by atoms with Crippen LogP contribution in [0.2, 0.25) is 0 Å². The van der Waals surface area contributed by atoms with Crippen molar-refractivity contribution in [3.05, 3.63) is 253 Å². The molecule has 4 heteroatoms. The molecule has 3 aromatic heterocycles. The summed E-state index contributed by atoms with van der Waals surface area (Å²) in [5.41, 5.74) is 23.6. The Hall–Kier alpha value is -9.12. The van der Waals surface area contributed by atoms with Crippen molar-refractivity contribution in [3.63, 3.8) is 0 Å². The Morgan fingerprint density at radius 2 is 0.681 bits per heavy atom. The molecule has 0 saturated heterocycles. The summed E-state index contributed by atoms with van der Waals surface area (Å²) < 4.78 is 4.93. The van der Waals surface area contributed by atoms with Crippen molar-refractivity contribution in [2.45, 2.75) is 27.7 Å². The largest absolute Gasteiger partial charge is 0.309 e. The molecule has 0 spiro atoms. The molecule has 0 amide bonds. The van der Waals surface area contributed by atoms with Crippen LogP contribution in [0.3, 0.4) is 0 Å². The lowest BCUT2D eigenvalue weighted by Gasteiger charge is -2.20. The molecule has 13 aromatic rings. The second-order valence-corrected chi connectivity index (χ2v) is 19.4. The van der Waals surface area contributed by atoms with Crippen LogP contribution >= 0.6 is 0 Å². The number of benzene rings is 10. The monoisotopic (exact) mass is 922 g/mol. The molecule has 0 unspecified atom stereocenters. The van der Waals surface area contributed by atoms with Crippen LogP contribution in [0.15, 0.2) is 231 Å². The number of nitrogens with zero attached hydrogens (tertiary/aromatic N) is 4. The Morgan fingerprint density at radius 1 is 0.264 bits per heavy atom.